The van der Waals surface area contributed by atoms with Gasteiger partial charge < -0.3 is 4.74 Å². The normalized spacial score (nSPS) is 15.0. The molecular weight excluding hydrogens is 406 g/mol. The smallest absolute Gasteiger partial charge is 0.167 e. The average molecular weight is 430 g/mol. The zero-order valence-electron chi connectivity index (χ0n) is 17.8. The lowest BCUT2D eigenvalue weighted by atomic mass is 10.0. The van der Waals surface area contributed by atoms with Crippen molar-refractivity contribution in [3.8, 4) is 16.8 Å². The second kappa shape index (κ2) is 8.14. The fraction of sp³-hybridized carbons (Fsp3) is 0.292. The maximum atomic E-state index is 6.17. The minimum Gasteiger partial charge on any atom is -0.366 e. The summed E-state index contributed by atoms with van der Waals surface area (Å²) in [5.41, 5.74) is 4.74. The summed E-state index contributed by atoms with van der Waals surface area (Å²) in [5.74, 6) is 8.33. The third-order valence-electron chi connectivity index (χ3n) is 5.48. The number of thiophene rings is 1. The highest BCUT2D eigenvalue weighted by atomic mass is 32.1. The Kier molecular flexibility index (Phi) is 5.18. The lowest BCUT2D eigenvalue weighted by Gasteiger charge is -2.09. The van der Waals surface area contributed by atoms with Gasteiger partial charge in [-0.05, 0) is 31.4 Å². The number of fused-ring (bicyclic) bond motifs is 3. The Hall–Kier alpha value is -3.21. The number of rotatable bonds is 3. The van der Waals surface area contributed by atoms with Gasteiger partial charge in [-0.3, -0.25) is 9.25 Å². The topological polar surface area (TPSA) is 57.8 Å². The molecule has 5 rings (SSSR count). The second-order valence-electron chi connectivity index (χ2n) is 7.73. The molecule has 1 aliphatic heterocycles. The van der Waals surface area contributed by atoms with Crippen LogP contribution in [-0.2, 0) is 31.2 Å². The maximum absolute atomic E-state index is 6.17. The lowest BCUT2D eigenvalue weighted by molar-refractivity contribution is 0.0493. The second-order valence-corrected chi connectivity index (χ2v) is 8.81. The molecule has 156 valence electrons. The molecule has 1 atom stereocenters. The van der Waals surface area contributed by atoms with Gasteiger partial charge in [0.1, 0.15) is 16.9 Å². The summed E-state index contributed by atoms with van der Waals surface area (Å²) in [6.45, 7) is 4.60. The molecule has 0 radical (unpaired) electrons. The van der Waals surface area contributed by atoms with Gasteiger partial charge in [0.25, 0.3) is 0 Å². The van der Waals surface area contributed by atoms with Crippen molar-refractivity contribution < 1.29 is 4.74 Å². The van der Waals surface area contributed by atoms with E-state index in [4.69, 9.17) is 4.74 Å². The van der Waals surface area contributed by atoms with Crippen LogP contribution < -0.4 is 0 Å². The zero-order valence-corrected chi connectivity index (χ0v) is 18.6. The first-order valence-corrected chi connectivity index (χ1v) is 11.1. The minimum absolute atomic E-state index is 0.0980. The molecule has 1 aliphatic rings. The molecular formula is C24H23N5OS. The highest BCUT2D eigenvalue weighted by molar-refractivity contribution is 7.15. The highest BCUT2D eigenvalue weighted by Gasteiger charge is 2.28. The standard InChI is InChI=1S/C24H23N5OS/c1-16-23-27-26-17(2)29(23)24-21(15-30-16)20(12-18-8-5-4-6-9-18)22(31-24)11-7-10-19-13-25-28(3)14-19/h4-6,8-9,13-14,16H,11-12,15H2,1-3H3/t16-/m0/s1. The molecule has 3 aromatic heterocycles. The largest absolute Gasteiger partial charge is 0.366 e. The minimum atomic E-state index is -0.0980. The van der Waals surface area contributed by atoms with E-state index >= 15 is 0 Å². The van der Waals surface area contributed by atoms with E-state index in [2.05, 4.69) is 62.0 Å². The van der Waals surface area contributed by atoms with Crippen LogP contribution in [0.2, 0.25) is 0 Å². The monoisotopic (exact) mass is 429 g/mol. The molecule has 0 bridgehead atoms. The van der Waals surface area contributed by atoms with Crippen LogP contribution in [0.5, 0.6) is 0 Å². The first-order chi connectivity index (χ1) is 15.1. The van der Waals surface area contributed by atoms with Crippen LogP contribution in [0.4, 0.5) is 0 Å². The van der Waals surface area contributed by atoms with Crippen molar-refractivity contribution in [1.82, 2.24) is 24.5 Å². The van der Waals surface area contributed by atoms with E-state index in [1.165, 1.54) is 21.6 Å². The van der Waals surface area contributed by atoms with Crippen LogP contribution in [0.25, 0.3) is 5.00 Å². The van der Waals surface area contributed by atoms with Gasteiger partial charge in [0.15, 0.2) is 5.82 Å². The first kappa shape index (κ1) is 19.7. The predicted octanol–water partition coefficient (Wildman–Crippen LogP) is 4.15. The summed E-state index contributed by atoms with van der Waals surface area (Å²) in [4.78, 5) is 1.27. The molecule has 0 aliphatic carbocycles. The summed E-state index contributed by atoms with van der Waals surface area (Å²) in [6.07, 6.45) is 5.16. The molecule has 1 aromatic carbocycles. The Balaban J connectivity index is 1.59. The van der Waals surface area contributed by atoms with Crippen LogP contribution in [0.1, 0.15) is 51.8 Å². The lowest BCUT2D eigenvalue weighted by Crippen LogP contribution is -2.04. The molecule has 31 heavy (non-hydrogen) atoms. The number of benzene rings is 1. The van der Waals surface area contributed by atoms with Gasteiger partial charge in [0.2, 0.25) is 0 Å². The molecule has 0 amide bonds. The van der Waals surface area contributed by atoms with Crippen molar-refractivity contribution in [3.63, 3.8) is 0 Å². The van der Waals surface area contributed by atoms with Crippen LogP contribution >= 0.6 is 11.3 Å². The van der Waals surface area contributed by atoms with Crippen LogP contribution in [0, 0.1) is 18.8 Å². The Morgan fingerprint density at radius 2 is 2.06 bits per heavy atom. The Labute approximate surface area is 185 Å². The molecule has 4 heterocycles. The van der Waals surface area contributed by atoms with E-state index in [0.29, 0.717) is 13.0 Å². The number of aromatic nitrogens is 5. The number of aryl methyl sites for hydroxylation is 2. The third kappa shape index (κ3) is 3.80. The van der Waals surface area contributed by atoms with Gasteiger partial charge in [0.05, 0.1) is 18.4 Å². The SMILES string of the molecule is Cc1nnc2n1-c1sc(CC#Cc3cnn(C)c3)c(Cc3ccccc3)c1CO[C@H]2C. The van der Waals surface area contributed by atoms with E-state index in [0.717, 1.165) is 28.6 Å². The van der Waals surface area contributed by atoms with Crippen LogP contribution in [0.15, 0.2) is 42.7 Å². The van der Waals surface area contributed by atoms with Crippen molar-refractivity contribution in [2.45, 2.75) is 39.4 Å². The predicted molar refractivity (Wildman–Crippen MR) is 120 cm³/mol. The molecule has 0 saturated carbocycles. The molecule has 0 saturated heterocycles. The van der Waals surface area contributed by atoms with E-state index < -0.39 is 0 Å². The van der Waals surface area contributed by atoms with E-state index in [-0.39, 0.29) is 6.10 Å². The molecule has 4 aromatic rings. The first-order valence-electron chi connectivity index (χ1n) is 10.3. The van der Waals surface area contributed by atoms with Gasteiger partial charge in [-0.25, -0.2) is 0 Å². The van der Waals surface area contributed by atoms with Crippen molar-refractivity contribution >= 4 is 11.3 Å². The number of hydrogen-bond acceptors (Lipinski definition) is 5. The summed E-state index contributed by atoms with van der Waals surface area (Å²) in [6, 6.07) is 10.6. The summed E-state index contributed by atoms with van der Waals surface area (Å²) < 4.78 is 10.1. The van der Waals surface area contributed by atoms with Crippen molar-refractivity contribution in [2.24, 2.45) is 7.05 Å². The molecule has 7 heteroatoms. The fourth-order valence-electron chi connectivity index (χ4n) is 3.90. The number of nitrogens with zero attached hydrogens (tertiary/aromatic N) is 5. The van der Waals surface area contributed by atoms with Crippen molar-refractivity contribution in [1.29, 1.82) is 0 Å². The summed E-state index contributed by atoms with van der Waals surface area (Å²) in [7, 11) is 1.90. The zero-order chi connectivity index (χ0) is 21.4. The molecule has 6 nitrogen and oxygen atoms in total. The van der Waals surface area contributed by atoms with Crippen molar-refractivity contribution in [2.75, 3.05) is 0 Å². The molecule has 0 N–H and O–H groups in total. The van der Waals surface area contributed by atoms with Gasteiger partial charge in [-0.2, -0.15) is 5.10 Å². The van der Waals surface area contributed by atoms with E-state index in [1.54, 1.807) is 22.2 Å². The third-order valence-corrected chi connectivity index (χ3v) is 6.74. The van der Waals surface area contributed by atoms with Gasteiger partial charge in [-0.15, -0.1) is 21.5 Å². The summed E-state index contributed by atoms with van der Waals surface area (Å²) in [5, 5.41) is 14.1. The highest BCUT2D eigenvalue weighted by Crippen LogP contribution is 2.39. The molecule has 0 spiro atoms. The van der Waals surface area contributed by atoms with Gasteiger partial charge in [-0.1, -0.05) is 42.2 Å². The van der Waals surface area contributed by atoms with E-state index in [1.807, 2.05) is 27.1 Å². The van der Waals surface area contributed by atoms with Gasteiger partial charge >= 0.3 is 0 Å². The Morgan fingerprint density at radius 1 is 1.23 bits per heavy atom. The molecule has 0 fully saturated rings. The fourth-order valence-corrected chi connectivity index (χ4v) is 5.22. The Morgan fingerprint density at radius 3 is 2.84 bits per heavy atom. The maximum Gasteiger partial charge on any atom is 0.167 e. The average Bonchev–Trinajstić information content (AvgIpc) is 3.42. The Bertz CT molecular complexity index is 1290. The summed E-state index contributed by atoms with van der Waals surface area (Å²) >= 11 is 1.78. The molecule has 0 unspecified atom stereocenters. The number of hydrogen-bond donors (Lipinski definition) is 0. The van der Waals surface area contributed by atoms with Crippen LogP contribution in [0.3, 0.4) is 0 Å². The van der Waals surface area contributed by atoms with Crippen molar-refractivity contribution in [3.05, 3.63) is 81.5 Å². The number of ether oxygens (including phenoxy) is 1. The quantitative estimate of drug-likeness (QED) is 0.459. The van der Waals surface area contributed by atoms with Crippen LogP contribution in [-0.4, -0.2) is 24.5 Å². The van der Waals surface area contributed by atoms with Gasteiger partial charge in [0, 0.05) is 30.1 Å². The van der Waals surface area contributed by atoms with E-state index in [9.17, 15) is 0 Å².